The highest BCUT2D eigenvalue weighted by atomic mass is 16.3. The van der Waals surface area contributed by atoms with E-state index >= 15 is 0 Å². The van der Waals surface area contributed by atoms with Gasteiger partial charge < -0.3 is 41.0 Å². The maximum Gasteiger partial charge on any atom is 0.290 e. The van der Waals surface area contributed by atoms with Gasteiger partial charge in [0, 0.05) is 31.7 Å². The zero-order valence-electron chi connectivity index (χ0n) is 35.6. The third-order valence-corrected chi connectivity index (χ3v) is 10.4. The van der Waals surface area contributed by atoms with E-state index in [2.05, 4.69) is 96.8 Å². The van der Waals surface area contributed by atoms with E-state index in [1.807, 2.05) is 56.8 Å². The van der Waals surface area contributed by atoms with E-state index in [9.17, 15) is 14.4 Å². The molecule has 1 saturated carbocycles. The van der Waals surface area contributed by atoms with Crippen molar-refractivity contribution in [1.29, 1.82) is 0 Å². The molecule has 13 nitrogen and oxygen atoms in total. The summed E-state index contributed by atoms with van der Waals surface area (Å²) in [5.74, 6) is 2.08. The molecule has 60 heavy (non-hydrogen) atoms. The first kappa shape index (κ1) is 48.6. The summed E-state index contributed by atoms with van der Waals surface area (Å²) >= 11 is 0. The van der Waals surface area contributed by atoms with Crippen LogP contribution in [-0.4, -0.2) is 95.2 Å². The second kappa shape index (κ2) is 27.8. The SMILES string of the molecule is CC(N)=O.CNC1CCCCC1C=O.CNCCCCc1ncc(-c2ccc(-c3ccc(-c4cnc([C@@H]5CCCN5C)[nH]4)cc3)cc2)[nH]1.O=CCc1ccccc1.O=CO. The minimum absolute atomic E-state index is 0.250. The summed E-state index contributed by atoms with van der Waals surface area (Å²) in [6.07, 6.45) is 16.9. The van der Waals surface area contributed by atoms with Crippen molar-refractivity contribution >= 4 is 25.0 Å². The number of aldehydes is 2. The third-order valence-electron chi connectivity index (χ3n) is 10.4. The molecule has 0 radical (unpaired) electrons. The van der Waals surface area contributed by atoms with E-state index in [4.69, 9.17) is 9.90 Å². The van der Waals surface area contributed by atoms with Gasteiger partial charge in [-0.15, -0.1) is 0 Å². The molecule has 1 amide bonds. The lowest BCUT2D eigenvalue weighted by Crippen LogP contribution is -2.36. The van der Waals surface area contributed by atoms with Crippen LogP contribution >= 0.6 is 0 Å². The van der Waals surface area contributed by atoms with Crippen molar-refractivity contribution < 1.29 is 24.3 Å². The number of hydrogen-bond acceptors (Lipinski definition) is 9. The first-order valence-corrected chi connectivity index (χ1v) is 20.8. The molecule has 2 unspecified atom stereocenters. The fourth-order valence-corrected chi connectivity index (χ4v) is 7.21. The average molecular weight is 821 g/mol. The molecule has 3 aromatic carbocycles. The Bertz CT molecular complexity index is 1940. The summed E-state index contributed by atoms with van der Waals surface area (Å²) in [5.41, 5.74) is 12.5. The van der Waals surface area contributed by atoms with Crippen LogP contribution in [0.5, 0.6) is 0 Å². The monoisotopic (exact) mass is 820 g/mol. The molecule has 3 atom stereocenters. The number of imidazole rings is 2. The Labute approximate surface area is 355 Å². The summed E-state index contributed by atoms with van der Waals surface area (Å²) < 4.78 is 0. The maximum absolute atomic E-state index is 10.5. The zero-order valence-corrected chi connectivity index (χ0v) is 35.6. The number of nitrogens with one attached hydrogen (secondary N) is 4. The number of amides is 1. The highest BCUT2D eigenvalue weighted by Crippen LogP contribution is 2.31. The van der Waals surface area contributed by atoms with Gasteiger partial charge in [-0.25, -0.2) is 9.97 Å². The maximum atomic E-state index is 10.5. The van der Waals surface area contributed by atoms with Crippen LogP contribution in [0.15, 0.2) is 91.3 Å². The van der Waals surface area contributed by atoms with Gasteiger partial charge in [0.25, 0.3) is 6.47 Å². The van der Waals surface area contributed by atoms with Gasteiger partial charge in [-0.1, -0.05) is 91.7 Å². The molecule has 2 aromatic heterocycles. The van der Waals surface area contributed by atoms with Gasteiger partial charge in [0.05, 0.1) is 29.8 Å². The molecule has 3 heterocycles. The van der Waals surface area contributed by atoms with E-state index in [-0.39, 0.29) is 18.3 Å². The molecule has 322 valence electrons. The lowest BCUT2D eigenvalue weighted by molar-refractivity contribution is -0.123. The standard InChI is InChI=1S/C28H34N6.C8H15NO.C8H8O.C2H5NO.CH2O2/c1-29-16-4-3-7-27-30-18-24(32-27)22-12-8-20(9-13-22)21-10-14-23(15-11-21)25-19-31-28(33-25)26-6-5-17-34(26)2;1-9-8-5-3-2-4-7(8)6-10;9-7-6-8-4-2-1-3-5-8;1-2(3)4;2-1-3/h8-15,18-19,26,29H,3-7,16-17H2,1-2H3,(H,30,32)(H,31,33);6-9H,2-5H2,1H3;1-5,7H,6H2;1H3,(H2,3,4);1H,(H,2,3)/t26-;;;;/m0..../s1. The highest BCUT2D eigenvalue weighted by Gasteiger charge is 2.25. The second-order valence-corrected chi connectivity index (χ2v) is 14.8. The first-order valence-electron chi connectivity index (χ1n) is 20.8. The number of hydrogen-bond donors (Lipinski definition) is 6. The lowest BCUT2D eigenvalue weighted by Gasteiger charge is -2.26. The summed E-state index contributed by atoms with van der Waals surface area (Å²) in [6, 6.07) is 28.0. The molecule has 13 heteroatoms. The summed E-state index contributed by atoms with van der Waals surface area (Å²) in [6.45, 7) is 3.25. The third kappa shape index (κ3) is 16.8. The van der Waals surface area contributed by atoms with Crippen LogP contribution in [0.2, 0.25) is 0 Å². The summed E-state index contributed by atoms with van der Waals surface area (Å²) in [7, 11) is 6.11. The predicted molar refractivity (Wildman–Crippen MR) is 239 cm³/mol. The second-order valence-electron chi connectivity index (χ2n) is 14.8. The molecular weight excluding hydrogens is 757 g/mol. The van der Waals surface area contributed by atoms with E-state index < -0.39 is 0 Å². The van der Waals surface area contributed by atoms with E-state index in [1.165, 1.54) is 62.1 Å². The zero-order chi connectivity index (χ0) is 43.5. The summed E-state index contributed by atoms with van der Waals surface area (Å²) in [5, 5.41) is 13.3. The van der Waals surface area contributed by atoms with Crippen LogP contribution < -0.4 is 16.4 Å². The van der Waals surface area contributed by atoms with Crippen molar-refractivity contribution in [3.05, 3.63) is 108 Å². The van der Waals surface area contributed by atoms with Crippen molar-refractivity contribution in [2.24, 2.45) is 11.7 Å². The molecule has 2 fully saturated rings. The number of carbonyl (C=O) groups excluding carboxylic acids is 3. The molecule has 0 spiro atoms. The normalized spacial score (nSPS) is 16.8. The Balaban J connectivity index is 0.000000299. The number of carbonyl (C=O) groups is 4. The smallest absolute Gasteiger partial charge is 0.290 e. The average Bonchev–Trinajstić information content (AvgIpc) is 4.06. The van der Waals surface area contributed by atoms with E-state index in [0.29, 0.717) is 18.5 Å². The lowest BCUT2D eigenvalue weighted by atomic mass is 9.86. The van der Waals surface area contributed by atoms with Crippen LogP contribution in [0.4, 0.5) is 0 Å². The number of unbranched alkanes of at least 4 members (excludes halogenated alkanes) is 1. The van der Waals surface area contributed by atoms with Crippen molar-refractivity contribution in [2.45, 2.75) is 83.2 Å². The van der Waals surface area contributed by atoms with Crippen LogP contribution in [0, 0.1) is 5.92 Å². The van der Waals surface area contributed by atoms with E-state index in [0.717, 1.165) is 79.1 Å². The van der Waals surface area contributed by atoms with Gasteiger partial charge in [0.2, 0.25) is 5.91 Å². The highest BCUT2D eigenvalue weighted by molar-refractivity contribution is 5.71. The number of aromatic amines is 2. The van der Waals surface area contributed by atoms with Crippen LogP contribution in [0.1, 0.15) is 81.5 Å². The van der Waals surface area contributed by atoms with E-state index in [1.54, 1.807) is 0 Å². The molecule has 1 aliphatic carbocycles. The number of rotatable bonds is 13. The Morgan fingerprint density at radius 2 is 1.38 bits per heavy atom. The number of primary amides is 1. The summed E-state index contributed by atoms with van der Waals surface area (Å²) in [4.78, 5) is 56.7. The van der Waals surface area contributed by atoms with Gasteiger partial charge in [-0.3, -0.25) is 14.5 Å². The molecule has 1 aliphatic heterocycles. The minimum Gasteiger partial charge on any atom is -0.483 e. The number of H-pyrrole nitrogens is 2. The van der Waals surface area contributed by atoms with Gasteiger partial charge in [-0.2, -0.15) is 0 Å². The quantitative estimate of drug-likeness (QED) is 0.0530. The Morgan fingerprint density at radius 3 is 1.90 bits per heavy atom. The molecule has 7 N–H and O–H groups in total. The fourth-order valence-electron chi connectivity index (χ4n) is 7.21. The molecule has 7 rings (SSSR count). The van der Waals surface area contributed by atoms with Crippen molar-refractivity contribution in [1.82, 2.24) is 35.5 Å². The van der Waals surface area contributed by atoms with Gasteiger partial charge in [-0.05, 0) is 101 Å². The minimum atomic E-state index is -0.333. The number of benzene rings is 3. The molecular formula is C47H64N8O5. The van der Waals surface area contributed by atoms with Crippen LogP contribution in [0.3, 0.4) is 0 Å². The molecule has 0 bridgehead atoms. The number of carboxylic acid groups (broad SMARTS) is 1. The van der Waals surface area contributed by atoms with Crippen LogP contribution in [-0.2, 0) is 32.0 Å². The van der Waals surface area contributed by atoms with Crippen molar-refractivity contribution in [3.8, 4) is 33.6 Å². The number of nitrogens with zero attached hydrogens (tertiary/aromatic N) is 3. The number of aromatic nitrogens is 4. The predicted octanol–water partition coefficient (Wildman–Crippen LogP) is 7.03. The molecule has 5 aromatic rings. The van der Waals surface area contributed by atoms with Gasteiger partial charge in [0.1, 0.15) is 24.2 Å². The number of aryl methyl sites for hydroxylation is 1. The van der Waals surface area contributed by atoms with Crippen LogP contribution in [0.25, 0.3) is 33.6 Å². The molecule has 1 saturated heterocycles. The number of nitrogens with two attached hydrogens (primary N) is 1. The number of likely N-dealkylation sites (tertiary alicyclic amines) is 1. The van der Waals surface area contributed by atoms with Gasteiger partial charge in [0.15, 0.2) is 0 Å². The fraction of sp³-hybridized carbons (Fsp3) is 0.404. The largest absolute Gasteiger partial charge is 0.483 e. The van der Waals surface area contributed by atoms with Crippen molar-refractivity contribution in [3.63, 3.8) is 0 Å². The van der Waals surface area contributed by atoms with Gasteiger partial charge >= 0.3 is 0 Å². The molecule has 2 aliphatic rings. The Kier molecular flexibility index (Phi) is 22.6. The van der Waals surface area contributed by atoms with Crippen molar-refractivity contribution in [2.75, 3.05) is 34.2 Å². The first-order chi connectivity index (χ1) is 29.2. The Morgan fingerprint density at radius 1 is 0.817 bits per heavy atom. The topological polar surface area (TPSA) is 199 Å². The Hall–Kier alpha value is -5.76.